The van der Waals surface area contributed by atoms with Gasteiger partial charge < -0.3 is 14.6 Å². The molecular weight excluding hydrogens is 417 g/mol. The molecule has 5 rings (SSSR count). The number of rotatable bonds is 4. The Bertz CT molecular complexity index is 1180. The van der Waals surface area contributed by atoms with E-state index in [1.807, 2.05) is 11.9 Å². The number of aromatic hydroxyl groups is 1. The summed E-state index contributed by atoms with van der Waals surface area (Å²) >= 11 is 1.34. The van der Waals surface area contributed by atoms with Crippen molar-refractivity contribution < 1.29 is 9.50 Å². The van der Waals surface area contributed by atoms with E-state index in [2.05, 4.69) is 15.2 Å². The maximum Gasteiger partial charge on any atom is 0.253 e. The second kappa shape index (κ2) is 7.71. The van der Waals surface area contributed by atoms with E-state index in [0.29, 0.717) is 32.9 Å². The second-order valence-corrected chi connectivity index (χ2v) is 9.60. The molecule has 1 aromatic carbocycles. The molecule has 3 aromatic rings. The molecule has 2 fully saturated rings. The number of nitrogens with zero attached hydrogens (tertiary/aromatic N) is 5. The number of benzene rings is 1. The SMILES string of the molecule is CN(c1nnc(-c2ccc(-c3cc(=O)n(C)cn3)cc2O)s1)[C@H]1C[C@@H]2CC[C@@H](C2)[C@H]1F. The van der Waals surface area contributed by atoms with Gasteiger partial charge in [0.1, 0.15) is 11.9 Å². The van der Waals surface area contributed by atoms with Gasteiger partial charge in [-0.25, -0.2) is 9.37 Å². The standard InChI is InChI=1S/C22H24FN5O2S/c1-27-11-24-16(10-19(27)30)13-5-6-15(18(29)9-13)21-25-26-22(31-21)28(2)17-8-12-3-4-14(7-12)20(17)23/h5-6,9-12,14,17,20,29H,3-4,7-8H2,1-2H3/t12-,14+,17+,20-/m1/s1. The van der Waals surface area contributed by atoms with Crippen molar-refractivity contribution in [3.05, 3.63) is 40.9 Å². The molecule has 9 heteroatoms. The zero-order valence-electron chi connectivity index (χ0n) is 17.4. The van der Waals surface area contributed by atoms with Crippen molar-refractivity contribution in [3.8, 4) is 27.6 Å². The molecule has 31 heavy (non-hydrogen) atoms. The summed E-state index contributed by atoms with van der Waals surface area (Å²) in [6.07, 6.45) is 4.59. The van der Waals surface area contributed by atoms with E-state index in [0.717, 1.165) is 25.7 Å². The van der Waals surface area contributed by atoms with Crippen LogP contribution in [0.15, 0.2) is 35.4 Å². The monoisotopic (exact) mass is 441 g/mol. The number of aryl methyl sites for hydroxylation is 1. The Kier molecular flexibility index (Phi) is 5.00. The molecule has 2 aromatic heterocycles. The molecule has 7 nitrogen and oxygen atoms in total. The van der Waals surface area contributed by atoms with E-state index in [1.165, 1.54) is 28.3 Å². The van der Waals surface area contributed by atoms with Crippen LogP contribution in [0.3, 0.4) is 0 Å². The number of alkyl halides is 1. The lowest BCUT2D eigenvalue weighted by atomic mass is 9.83. The van der Waals surface area contributed by atoms with Gasteiger partial charge in [0.2, 0.25) is 5.13 Å². The first-order valence-corrected chi connectivity index (χ1v) is 11.3. The Morgan fingerprint density at radius 1 is 1.23 bits per heavy atom. The molecular formula is C22H24FN5O2S. The summed E-state index contributed by atoms with van der Waals surface area (Å²) in [5, 5.41) is 20.3. The number of halogens is 1. The van der Waals surface area contributed by atoms with Crippen LogP contribution in [0.1, 0.15) is 25.7 Å². The molecule has 2 aliphatic carbocycles. The van der Waals surface area contributed by atoms with Gasteiger partial charge in [-0.2, -0.15) is 0 Å². The lowest BCUT2D eigenvalue weighted by Gasteiger charge is -2.37. The molecule has 4 atom stereocenters. The Hall–Kier alpha value is -2.81. The molecule has 2 heterocycles. The van der Waals surface area contributed by atoms with E-state index < -0.39 is 6.17 Å². The van der Waals surface area contributed by atoms with Gasteiger partial charge in [-0.05, 0) is 49.7 Å². The average molecular weight is 442 g/mol. The molecule has 1 N–H and O–H groups in total. The van der Waals surface area contributed by atoms with Crippen LogP contribution in [-0.4, -0.2) is 44.1 Å². The minimum Gasteiger partial charge on any atom is -0.507 e. The van der Waals surface area contributed by atoms with Crippen LogP contribution < -0.4 is 10.5 Å². The Labute approximate surface area is 183 Å². The van der Waals surface area contributed by atoms with E-state index >= 15 is 0 Å². The minimum atomic E-state index is -0.838. The summed E-state index contributed by atoms with van der Waals surface area (Å²) in [7, 11) is 3.52. The number of aromatic nitrogens is 4. The Morgan fingerprint density at radius 2 is 2.06 bits per heavy atom. The maximum absolute atomic E-state index is 15.0. The molecule has 2 saturated carbocycles. The highest BCUT2D eigenvalue weighted by molar-refractivity contribution is 7.18. The fourth-order valence-electron chi connectivity index (χ4n) is 4.87. The van der Waals surface area contributed by atoms with Crippen LogP contribution in [-0.2, 0) is 7.05 Å². The van der Waals surface area contributed by atoms with Gasteiger partial charge in [0.05, 0.1) is 23.6 Å². The highest BCUT2D eigenvalue weighted by Crippen LogP contribution is 2.46. The maximum atomic E-state index is 15.0. The summed E-state index contributed by atoms with van der Waals surface area (Å²) < 4.78 is 16.4. The van der Waals surface area contributed by atoms with E-state index in [9.17, 15) is 14.3 Å². The zero-order chi connectivity index (χ0) is 21.7. The molecule has 2 aliphatic rings. The number of anilines is 1. The minimum absolute atomic E-state index is 0.0319. The van der Waals surface area contributed by atoms with Crippen LogP contribution in [0.5, 0.6) is 5.75 Å². The Morgan fingerprint density at radius 3 is 2.84 bits per heavy atom. The lowest BCUT2D eigenvalue weighted by molar-refractivity contribution is 0.144. The topological polar surface area (TPSA) is 84.1 Å². The molecule has 0 aliphatic heterocycles. The summed E-state index contributed by atoms with van der Waals surface area (Å²) in [6, 6.07) is 6.36. The number of hydrogen-bond donors (Lipinski definition) is 1. The predicted molar refractivity (Wildman–Crippen MR) is 118 cm³/mol. The number of phenols is 1. The lowest BCUT2D eigenvalue weighted by Crippen LogP contribution is -2.45. The first kappa shape index (κ1) is 20.1. The fourth-order valence-corrected chi connectivity index (χ4v) is 5.77. The van der Waals surface area contributed by atoms with Crippen LogP contribution in [0.2, 0.25) is 0 Å². The number of hydrogen-bond acceptors (Lipinski definition) is 7. The van der Waals surface area contributed by atoms with E-state index in [1.54, 1.807) is 25.2 Å². The molecule has 0 amide bonds. The van der Waals surface area contributed by atoms with Crippen molar-refractivity contribution in [2.24, 2.45) is 18.9 Å². The summed E-state index contributed by atoms with van der Waals surface area (Å²) in [5.41, 5.74) is 1.50. The van der Waals surface area contributed by atoms with E-state index in [-0.39, 0.29) is 23.3 Å². The normalized spacial score (nSPS) is 25.0. The van der Waals surface area contributed by atoms with Gasteiger partial charge in [0, 0.05) is 25.7 Å². The van der Waals surface area contributed by atoms with Gasteiger partial charge in [-0.15, -0.1) is 10.2 Å². The number of phenolic OH excluding ortho intramolecular Hbond substituents is 1. The highest BCUT2D eigenvalue weighted by Gasteiger charge is 2.44. The quantitative estimate of drug-likeness (QED) is 0.666. The zero-order valence-corrected chi connectivity index (χ0v) is 18.2. The summed E-state index contributed by atoms with van der Waals surface area (Å²) in [4.78, 5) is 18.0. The number of fused-ring (bicyclic) bond motifs is 2. The molecule has 0 radical (unpaired) electrons. The molecule has 2 bridgehead atoms. The van der Waals surface area contributed by atoms with Crippen LogP contribution >= 0.6 is 11.3 Å². The largest absolute Gasteiger partial charge is 0.507 e. The third kappa shape index (κ3) is 3.60. The summed E-state index contributed by atoms with van der Waals surface area (Å²) in [6.45, 7) is 0. The third-order valence-corrected chi connectivity index (χ3v) is 7.74. The second-order valence-electron chi connectivity index (χ2n) is 8.64. The van der Waals surface area contributed by atoms with Crippen molar-refractivity contribution in [2.75, 3.05) is 11.9 Å². The first-order valence-electron chi connectivity index (χ1n) is 10.5. The molecule has 0 saturated heterocycles. The Balaban J connectivity index is 1.39. The van der Waals surface area contributed by atoms with Crippen molar-refractivity contribution in [3.63, 3.8) is 0 Å². The van der Waals surface area contributed by atoms with Gasteiger partial charge in [0.15, 0.2) is 5.01 Å². The van der Waals surface area contributed by atoms with Crippen molar-refractivity contribution in [1.29, 1.82) is 0 Å². The predicted octanol–water partition coefficient (Wildman–Crippen LogP) is 3.63. The summed E-state index contributed by atoms with van der Waals surface area (Å²) in [5.74, 6) is 0.805. The van der Waals surface area contributed by atoms with Gasteiger partial charge in [-0.1, -0.05) is 17.4 Å². The van der Waals surface area contributed by atoms with Crippen molar-refractivity contribution in [1.82, 2.24) is 19.7 Å². The van der Waals surface area contributed by atoms with Crippen LogP contribution in [0.4, 0.5) is 9.52 Å². The van der Waals surface area contributed by atoms with E-state index in [4.69, 9.17) is 0 Å². The van der Waals surface area contributed by atoms with Crippen LogP contribution in [0.25, 0.3) is 21.8 Å². The van der Waals surface area contributed by atoms with Crippen LogP contribution in [0, 0.1) is 11.8 Å². The third-order valence-electron chi connectivity index (χ3n) is 6.69. The van der Waals surface area contributed by atoms with Gasteiger partial charge in [-0.3, -0.25) is 4.79 Å². The first-order chi connectivity index (χ1) is 14.9. The van der Waals surface area contributed by atoms with Gasteiger partial charge in [0.25, 0.3) is 5.56 Å². The smallest absolute Gasteiger partial charge is 0.253 e. The van der Waals surface area contributed by atoms with Crippen molar-refractivity contribution in [2.45, 2.75) is 37.9 Å². The molecule has 0 unspecified atom stereocenters. The van der Waals surface area contributed by atoms with Crippen molar-refractivity contribution >= 4 is 16.5 Å². The molecule has 162 valence electrons. The average Bonchev–Trinajstić information content (AvgIpc) is 3.40. The highest BCUT2D eigenvalue weighted by atomic mass is 32.1. The fraction of sp³-hybridized carbons (Fsp3) is 0.455. The van der Waals surface area contributed by atoms with Gasteiger partial charge >= 0.3 is 0 Å². The molecule has 0 spiro atoms.